The average molecular weight is 571 g/mol. The number of rotatable bonds is 4. The largest absolute Gasteiger partial charge is 0.0622 e. The first-order chi connectivity index (χ1) is 22.3. The normalized spacial score (nSPS) is 11.6. The van der Waals surface area contributed by atoms with E-state index >= 15 is 0 Å². The Morgan fingerprint density at radius 3 is 1.64 bits per heavy atom. The molecule has 0 saturated heterocycles. The van der Waals surface area contributed by atoms with Crippen molar-refractivity contribution in [1.29, 1.82) is 0 Å². The van der Waals surface area contributed by atoms with Gasteiger partial charge in [0.2, 0.25) is 0 Å². The van der Waals surface area contributed by atoms with E-state index < -0.39 is 0 Å². The topological polar surface area (TPSA) is 0 Å². The highest BCUT2D eigenvalue weighted by Crippen LogP contribution is 2.47. The molecule has 0 nitrogen and oxygen atoms in total. The van der Waals surface area contributed by atoms with Gasteiger partial charge >= 0.3 is 0 Å². The van der Waals surface area contributed by atoms with Crippen molar-refractivity contribution in [2.45, 2.75) is 6.42 Å². The smallest absolute Gasteiger partial charge is 0.00172 e. The lowest BCUT2D eigenvalue weighted by atomic mass is 9.81. The standard InChI is InChI=1S/C45H30/c1-2-12-30(13-3-1)26-36-29-43-38-21-9-7-15-32(38)24-25-41(43)45(44(36)39-22-10-18-31-14-6-8-20-37(31)39)40-23-11-19-35-27-33-16-4-5-17-34(33)28-42(35)40/h1-25,27-29H,26H2. The monoisotopic (exact) mass is 570 g/mol. The minimum absolute atomic E-state index is 0.846. The van der Waals surface area contributed by atoms with Crippen LogP contribution < -0.4 is 0 Å². The third-order valence-electron chi connectivity index (χ3n) is 9.44. The number of hydrogen-bond acceptors (Lipinski definition) is 0. The molecule has 9 aromatic carbocycles. The van der Waals surface area contributed by atoms with Crippen LogP contribution in [0.25, 0.3) is 76.1 Å². The Kier molecular flexibility index (Phi) is 5.99. The van der Waals surface area contributed by atoms with Gasteiger partial charge in [0.25, 0.3) is 0 Å². The zero-order valence-electron chi connectivity index (χ0n) is 24.9. The molecule has 0 saturated carbocycles. The van der Waals surface area contributed by atoms with Gasteiger partial charge < -0.3 is 0 Å². The molecule has 9 aromatic rings. The summed E-state index contributed by atoms with van der Waals surface area (Å²) in [7, 11) is 0. The maximum absolute atomic E-state index is 2.48. The summed E-state index contributed by atoms with van der Waals surface area (Å²) in [5, 5.41) is 12.8. The van der Waals surface area contributed by atoms with Crippen LogP contribution in [-0.2, 0) is 6.42 Å². The Hall–Kier alpha value is -5.72. The van der Waals surface area contributed by atoms with E-state index in [0.717, 1.165) is 6.42 Å². The van der Waals surface area contributed by atoms with Crippen molar-refractivity contribution in [3.63, 3.8) is 0 Å². The summed E-state index contributed by atoms with van der Waals surface area (Å²) in [5.41, 5.74) is 7.83. The Bertz CT molecular complexity index is 2550. The van der Waals surface area contributed by atoms with Gasteiger partial charge in [-0.3, -0.25) is 0 Å². The van der Waals surface area contributed by atoms with Crippen molar-refractivity contribution in [3.8, 4) is 22.3 Å². The highest BCUT2D eigenvalue weighted by Gasteiger charge is 2.21. The second-order valence-electron chi connectivity index (χ2n) is 12.1. The molecule has 0 aliphatic carbocycles. The van der Waals surface area contributed by atoms with Gasteiger partial charge in [-0.05, 0) is 112 Å². The highest BCUT2D eigenvalue weighted by atomic mass is 14.2. The van der Waals surface area contributed by atoms with Crippen molar-refractivity contribution < 1.29 is 0 Å². The average Bonchev–Trinajstić information content (AvgIpc) is 3.10. The van der Waals surface area contributed by atoms with E-state index in [2.05, 4.69) is 170 Å². The summed E-state index contributed by atoms with van der Waals surface area (Å²) >= 11 is 0. The van der Waals surface area contributed by atoms with Crippen LogP contribution in [0.15, 0.2) is 170 Å². The summed E-state index contributed by atoms with van der Waals surface area (Å²) in [6.45, 7) is 0. The summed E-state index contributed by atoms with van der Waals surface area (Å²) < 4.78 is 0. The van der Waals surface area contributed by atoms with Crippen LogP contribution in [0.5, 0.6) is 0 Å². The van der Waals surface area contributed by atoms with Crippen LogP contribution in [0.4, 0.5) is 0 Å². The molecule has 0 fully saturated rings. The van der Waals surface area contributed by atoms with E-state index in [1.807, 2.05) is 0 Å². The van der Waals surface area contributed by atoms with Gasteiger partial charge in [0.15, 0.2) is 0 Å². The van der Waals surface area contributed by atoms with Crippen molar-refractivity contribution >= 4 is 53.9 Å². The molecule has 0 bridgehead atoms. The molecular formula is C45H30. The van der Waals surface area contributed by atoms with Crippen LogP contribution in [0.2, 0.25) is 0 Å². The zero-order chi connectivity index (χ0) is 29.7. The molecule has 45 heavy (non-hydrogen) atoms. The minimum Gasteiger partial charge on any atom is -0.0622 e. The van der Waals surface area contributed by atoms with E-state index in [-0.39, 0.29) is 0 Å². The van der Waals surface area contributed by atoms with Crippen LogP contribution in [0.1, 0.15) is 11.1 Å². The third kappa shape index (κ3) is 4.30. The highest BCUT2D eigenvalue weighted by molar-refractivity contribution is 6.20. The van der Waals surface area contributed by atoms with Crippen LogP contribution in [0.3, 0.4) is 0 Å². The Morgan fingerprint density at radius 1 is 0.289 bits per heavy atom. The predicted octanol–water partition coefficient (Wildman–Crippen LogP) is 12.4. The summed E-state index contributed by atoms with van der Waals surface area (Å²) in [6, 6.07) is 62.7. The van der Waals surface area contributed by atoms with Crippen molar-refractivity contribution in [2.75, 3.05) is 0 Å². The van der Waals surface area contributed by atoms with Gasteiger partial charge in [0.1, 0.15) is 0 Å². The van der Waals surface area contributed by atoms with Gasteiger partial charge in [-0.15, -0.1) is 0 Å². The van der Waals surface area contributed by atoms with Crippen molar-refractivity contribution in [1.82, 2.24) is 0 Å². The fourth-order valence-corrected chi connectivity index (χ4v) is 7.38. The summed E-state index contributed by atoms with van der Waals surface area (Å²) in [6.07, 6.45) is 0.846. The molecule has 0 radical (unpaired) electrons. The molecule has 0 unspecified atom stereocenters. The number of benzene rings is 9. The van der Waals surface area contributed by atoms with Crippen LogP contribution >= 0.6 is 0 Å². The fraction of sp³-hybridized carbons (Fsp3) is 0.0222. The van der Waals surface area contributed by atoms with Gasteiger partial charge in [0.05, 0.1) is 0 Å². The second kappa shape index (κ2) is 10.5. The number of hydrogen-bond donors (Lipinski definition) is 0. The lowest BCUT2D eigenvalue weighted by Gasteiger charge is -2.22. The molecule has 0 aliphatic heterocycles. The third-order valence-corrected chi connectivity index (χ3v) is 9.44. The van der Waals surface area contributed by atoms with Crippen LogP contribution in [-0.4, -0.2) is 0 Å². The minimum atomic E-state index is 0.846. The molecule has 0 amide bonds. The lowest BCUT2D eigenvalue weighted by molar-refractivity contribution is 1.20. The number of fused-ring (bicyclic) bond motifs is 6. The molecular weight excluding hydrogens is 540 g/mol. The van der Waals surface area contributed by atoms with E-state index in [4.69, 9.17) is 0 Å². The Balaban J connectivity index is 1.50. The molecule has 0 aromatic heterocycles. The first-order valence-corrected chi connectivity index (χ1v) is 15.7. The Morgan fingerprint density at radius 2 is 0.867 bits per heavy atom. The molecule has 0 aliphatic rings. The zero-order valence-corrected chi connectivity index (χ0v) is 24.9. The predicted molar refractivity (Wildman–Crippen MR) is 194 cm³/mol. The van der Waals surface area contributed by atoms with E-state index in [1.165, 1.54) is 87.2 Å². The molecule has 0 spiro atoms. The molecule has 0 atom stereocenters. The summed E-state index contributed by atoms with van der Waals surface area (Å²) in [4.78, 5) is 0. The summed E-state index contributed by atoms with van der Waals surface area (Å²) in [5.74, 6) is 0. The quantitative estimate of drug-likeness (QED) is 0.146. The SMILES string of the molecule is c1ccc(Cc2cc3c(ccc4ccccc43)c(-c3cccc4cc5ccccc5cc34)c2-c2cccc3ccccc23)cc1. The van der Waals surface area contributed by atoms with Gasteiger partial charge in [-0.1, -0.05) is 152 Å². The van der Waals surface area contributed by atoms with Gasteiger partial charge in [0, 0.05) is 0 Å². The molecule has 210 valence electrons. The first-order valence-electron chi connectivity index (χ1n) is 15.7. The lowest BCUT2D eigenvalue weighted by Crippen LogP contribution is -1.99. The van der Waals surface area contributed by atoms with Crippen LogP contribution in [0, 0.1) is 0 Å². The maximum atomic E-state index is 2.48. The van der Waals surface area contributed by atoms with E-state index in [0.29, 0.717) is 0 Å². The second-order valence-corrected chi connectivity index (χ2v) is 12.1. The molecule has 0 heteroatoms. The van der Waals surface area contributed by atoms with E-state index in [9.17, 15) is 0 Å². The van der Waals surface area contributed by atoms with E-state index in [1.54, 1.807) is 0 Å². The molecule has 0 heterocycles. The van der Waals surface area contributed by atoms with Gasteiger partial charge in [-0.2, -0.15) is 0 Å². The maximum Gasteiger partial charge on any atom is -0.00172 e. The first kappa shape index (κ1) is 25.7. The van der Waals surface area contributed by atoms with Gasteiger partial charge in [-0.25, -0.2) is 0 Å². The van der Waals surface area contributed by atoms with Crippen molar-refractivity contribution in [3.05, 3.63) is 181 Å². The Labute approximate surface area is 262 Å². The van der Waals surface area contributed by atoms with Crippen molar-refractivity contribution in [2.24, 2.45) is 0 Å². The fourth-order valence-electron chi connectivity index (χ4n) is 7.38. The molecule has 9 rings (SSSR count). The molecule has 0 N–H and O–H groups in total.